The van der Waals surface area contributed by atoms with E-state index in [4.69, 9.17) is 27.6 Å². The molecule has 10 nitrogen and oxygen atoms in total. The standard InChI is InChI=1S/C33H37Cl2FN6O4/c1-31(2)10-12-32(13-11-31)33(21-8-5-18(34)15-22(21)39-30(33)45)24(20-9-14-37-27(35)25(20)36)26(40-32)28(44)38-19-6-3-17(4-7-19)29-42-41-23(16-43)46-29/h5,8-9,14-15,17,19,24,26,40,43H,3-4,6-7,10-13,16H2,1-2H3,(H,38,44)(H,39,45)/t17-,19-,24-,26+,33+/m0/s1. The van der Waals surface area contributed by atoms with Crippen molar-refractivity contribution in [3.05, 3.63) is 69.4 Å². The van der Waals surface area contributed by atoms with E-state index in [0.717, 1.165) is 12.8 Å². The molecule has 1 saturated heterocycles. The molecule has 4 aliphatic rings. The molecule has 2 aliphatic heterocycles. The van der Waals surface area contributed by atoms with Gasteiger partial charge in [0.05, 0.1) is 6.04 Å². The summed E-state index contributed by atoms with van der Waals surface area (Å²) in [6, 6.07) is 5.76. The van der Waals surface area contributed by atoms with Crippen molar-refractivity contribution in [2.45, 2.75) is 107 Å². The van der Waals surface area contributed by atoms with Crippen LogP contribution in [0.1, 0.15) is 100.0 Å². The van der Waals surface area contributed by atoms with Gasteiger partial charge < -0.3 is 20.2 Å². The van der Waals surface area contributed by atoms with Gasteiger partial charge in [0.2, 0.25) is 23.6 Å². The molecule has 4 heterocycles. The average Bonchev–Trinajstić information content (AvgIpc) is 3.71. The van der Waals surface area contributed by atoms with Crippen LogP contribution in [0.4, 0.5) is 10.1 Å². The number of rotatable bonds is 5. The lowest BCUT2D eigenvalue weighted by molar-refractivity contribution is -0.125. The average molecular weight is 672 g/mol. The Morgan fingerprint density at radius 2 is 1.85 bits per heavy atom. The first-order chi connectivity index (χ1) is 22.0. The van der Waals surface area contributed by atoms with E-state index in [1.54, 1.807) is 18.2 Å². The molecule has 2 aliphatic carbocycles. The minimum absolute atomic E-state index is 0.0361. The number of halogens is 3. The zero-order chi connectivity index (χ0) is 32.4. The number of aromatic nitrogens is 3. The Morgan fingerprint density at radius 1 is 1.11 bits per heavy atom. The van der Waals surface area contributed by atoms with Gasteiger partial charge in [-0.2, -0.15) is 0 Å². The van der Waals surface area contributed by atoms with E-state index in [2.05, 4.69) is 45.0 Å². The van der Waals surface area contributed by atoms with Crippen molar-refractivity contribution in [1.29, 1.82) is 0 Å². The number of nitrogens with one attached hydrogen (secondary N) is 3. The molecule has 3 atom stereocenters. The van der Waals surface area contributed by atoms with Gasteiger partial charge >= 0.3 is 0 Å². The van der Waals surface area contributed by atoms with E-state index in [9.17, 15) is 14.7 Å². The van der Waals surface area contributed by atoms with Gasteiger partial charge in [-0.05, 0) is 86.1 Å². The summed E-state index contributed by atoms with van der Waals surface area (Å²) in [6.07, 6.45) is 7.06. The van der Waals surface area contributed by atoms with Crippen LogP contribution in [-0.4, -0.2) is 49.7 Å². The minimum atomic E-state index is -1.32. The van der Waals surface area contributed by atoms with Gasteiger partial charge in [-0.1, -0.05) is 43.1 Å². The minimum Gasteiger partial charge on any atom is -0.422 e. The zero-order valence-corrected chi connectivity index (χ0v) is 27.2. The quantitative estimate of drug-likeness (QED) is 0.260. The Hall–Kier alpha value is -3.12. The molecule has 4 N–H and O–H groups in total. The lowest BCUT2D eigenvalue weighted by atomic mass is 9.53. The van der Waals surface area contributed by atoms with Gasteiger partial charge in [0.15, 0.2) is 11.0 Å². The summed E-state index contributed by atoms with van der Waals surface area (Å²) < 4.78 is 21.7. The molecule has 7 rings (SSSR count). The predicted octanol–water partition coefficient (Wildman–Crippen LogP) is 5.53. The second-order valence-corrected chi connectivity index (χ2v) is 14.8. The van der Waals surface area contributed by atoms with Crippen LogP contribution in [0.5, 0.6) is 0 Å². The molecule has 244 valence electrons. The number of carbonyl (C=O) groups is 2. The highest BCUT2D eigenvalue weighted by Crippen LogP contribution is 2.64. The number of amides is 2. The summed E-state index contributed by atoms with van der Waals surface area (Å²) in [5, 5.41) is 27.4. The maximum absolute atomic E-state index is 16.1. The number of aliphatic hydroxyl groups is 1. The van der Waals surface area contributed by atoms with E-state index in [-0.39, 0.29) is 52.4 Å². The molecule has 2 saturated carbocycles. The highest BCUT2D eigenvalue weighted by molar-refractivity contribution is 6.31. The topological polar surface area (TPSA) is 142 Å². The van der Waals surface area contributed by atoms with Crippen molar-refractivity contribution in [1.82, 2.24) is 25.8 Å². The summed E-state index contributed by atoms with van der Waals surface area (Å²) in [4.78, 5) is 33.0. The van der Waals surface area contributed by atoms with E-state index in [1.807, 2.05) is 6.07 Å². The van der Waals surface area contributed by atoms with Crippen molar-refractivity contribution in [2.24, 2.45) is 5.41 Å². The highest BCUT2D eigenvalue weighted by Gasteiger charge is 2.73. The number of nitrogens with zero attached hydrogens (tertiary/aromatic N) is 3. The largest absolute Gasteiger partial charge is 0.422 e. The van der Waals surface area contributed by atoms with Crippen LogP contribution >= 0.6 is 23.2 Å². The molecule has 2 aromatic heterocycles. The van der Waals surface area contributed by atoms with Crippen molar-refractivity contribution < 1.29 is 23.5 Å². The number of benzene rings is 1. The summed E-state index contributed by atoms with van der Waals surface area (Å²) in [7, 11) is 0. The Morgan fingerprint density at radius 3 is 2.54 bits per heavy atom. The SMILES string of the molecule is CC1(C)CCC2(CC1)N[C@@H](C(=O)N[C@H]1CC[C@H](c3nnc(CO)o3)CC1)[C@H](c1ccnc(Cl)c1F)[C@]21C(=O)Nc2cc(Cl)ccc21. The fraction of sp³-hybridized carbons (Fsp3) is 0.545. The van der Waals surface area contributed by atoms with Crippen LogP contribution in [0.25, 0.3) is 0 Å². The smallest absolute Gasteiger partial charge is 0.241 e. The summed E-state index contributed by atoms with van der Waals surface area (Å²) in [5.74, 6) is -1.53. The first kappa shape index (κ1) is 31.5. The number of aliphatic hydroxyl groups excluding tert-OH is 1. The third kappa shape index (κ3) is 4.93. The number of hydrogen-bond acceptors (Lipinski definition) is 8. The summed E-state index contributed by atoms with van der Waals surface area (Å²) in [6.45, 7) is 4.11. The maximum Gasteiger partial charge on any atom is 0.241 e. The molecule has 3 fully saturated rings. The lowest BCUT2D eigenvalue weighted by Gasteiger charge is -2.50. The molecular formula is C33H37Cl2FN6O4. The van der Waals surface area contributed by atoms with Crippen LogP contribution < -0.4 is 16.0 Å². The third-order valence-corrected chi connectivity index (χ3v) is 11.5. The normalized spacial score (nSPS) is 29.6. The third-order valence-electron chi connectivity index (χ3n) is 11.0. The Labute approximate surface area is 276 Å². The summed E-state index contributed by atoms with van der Waals surface area (Å²) in [5.41, 5.74) is -0.686. The molecule has 13 heteroatoms. The molecule has 46 heavy (non-hydrogen) atoms. The van der Waals surface area contributed by atoms with Gasteiger partial charge in [-0.15, -0.1) is 10.2 Å². The first-order valence-corrected chi connectivity index (χ1v) is 16.7. The Balaban J connectivity index is 1.28. The molecule has 2 amide bonds. The monoisotopic (exact) mass is 670 g/mol. The molecule has 1 aromatic carbocycles. The van der Waals surface area contributed by atoms with Crippen LogP contribution in [0, 0.1) is 11.2 Å². The van der Waals surface area contributed by atoms with Gasteiger partial charge in [-0.3, -0.25) is 14.9 Å². The van der Waals surface area contributed by atoms with Gasteiger partial charge in [0.1, 0.15) is 12.0 Å². The van der Waals surface area contributed by atoms with Crippen molar-refractivity contribution in [3.8, 4) is 0 Å². The van der Waals surface area contributed by atoms with Crippen LogP contribution in [0.2, 0.25) is 10.2 Å². The van der Waals surface area contributed by atoms with Crippen molar-refractivity contribution >= 4 is 40.7 Å². The van der Waals surface area contributed by atoms with E-state index in [0.29, 0.717) is 60.7 Å². The van der Waals surface area contributed by atoms with E-state index in [1.165, 1.54) is 6.20 Å². The number of fused-ring (bicyclic) bond motifs is 3. The van der Waals surface area contributed by atoms with Crippen LogP contribution in [-0.2, 0) is 21.6 Å². The number of pyridine rings is 1. The Kier molecular flexibility index (Phi) is 7.90. The fourth-order valence-corrected chi connectivity index (χ4v) is 8.94. The molecule has 0 unspecified atom stereocenters. The first-order valence-electron chi connectivity index (χ1n) is 15.9. The number of hydrogen-bond donors (Lipinski definition) is 4. The van der Waals surface area contributed by atoms with Crippen LogP contribution in [0.15, 0.2) is 34.9 Å². The van der Waals surface area contributed by atoms with Crippen molar-refractivity contribution in [3.63, 3.8) is 0 Å². The van der Waals surface area contributed by atoms with Gasteiger partial charge in [0.25, 0.3) is 0 Å². The predicted molar refractivity (Wildman–Crippen MR) is 169 cm³/mol. The summed E-state index contributed by atoms with van der Waals surface area (Å²) >= 11 is 12.6. The van der Waals surface area contributed by atoms with Crippen LogP contribution in [0.3, 0.4) is 0 Å². The zero-order valence-electron chi connectivity index (χ0n) is 25.7. The molecule has 0 radical (unpaired) electrons. The lowest BCUT2D eigenvalue weighted by Crippen LogP contribution is -2.61. The van der Waals surface area contributed by atoms with E-state index < -0.39 is 28.7 Å². The second kappa shape index (κ2) is 11.5. The maximum atomic E-state index is 16.1. The van der Waals surface area contributed by atoms with Crippen molar-refractivity contribution in [2.75, 3.05) is 5.32 Å². The number of anilines is 1. The second-order valence-electron chi connectivity index (χ2n) is 14.1. The molecule has 3 aromatic rings. The number of carbonyl (C=O) groups excluding carboxylic acids is 2. The van der Waals surface area contributed by atoms with E-state index >= 15 is 4.39 Å². The van der Waals surface area contributed by atoms with Gasteiger partial charge in [-0.25, -0.2) is 9.37 Å². The molecule has 2 spiro atoms. The van der Waals surface area contributed by atoms with Gasteiger partial charge in [0, 0.05) is 40.3 Å². The highest BCUT2D eigenvalue weighted by atomic mass is 35.5. The fourth-order valence-electron chi connectivity index (χ4n) is 8.60. The Bertz CT molecular complexity index is 1680. The molecular weight excluding hydrogens is 634 g/mol. The molecule has 0 bridgehead atoms.